The monoisotopic (exact) mass is 538 g/mol. The average Bonchev–Trinajstić information content (AvgIpc) is 2.94. The van der Waals surface area contributed by atoms with E-state index in [0.29, 0.717) is 5.56 Å². The molecular formula is C27H28F2N6O4. The second-order valence-electron chi connectivity index (χ2n) is 8.79. The number of ether oxygens (including phenoxy) is 2. The second kappa shape index (κ2) is 11.9. The second-order valence-corrected chi connectivity index (χ2v) is 8.79. The molecule has 0 radical (unpaired) electrons. The van der Waals surface area contributed by atoms with Gasteiger partial charge in [-0.3, -0.25) is 10.1 Å². The Kier molecular flexibility index (Phi) is 8.41. The highest BCUT2D eigenvalue weighted by molar-refractivity contribution is 5.75. The topological polar surface area (TPSA) is 106 Å². The molecule has 3 aromatic rings. The number of likely N-dealkylation sites (N-methyl/N-ethyl adjacent to an activating group) is 1. The number of halogens is 2. The molecule has 0 saturated carbocycles. The normalized spacial score (nSPS) is 13.4. The Hall–Kier alpha value is -4.50. The third-order valence-corrected chi connectivity index (χ3v) is 6.47. The van der Waals surface area contributed by atoms with Gasteiger partial charge in [0, 0.05) is 56.4 Å². The summed E-state index contributed by atoms with van der Waals surface area (Å²) in [7, 11) is 2.50. The molecule has 2 heterocycles. The first-order valence-electron chi connectivity index (χ1n) is 12.2. The summed E-state index contributed by atoms with van der Waals surface area (Å²) in [4.78, 5) is 24.3. The zero-order valence-corrected chi connectivity index (χ0v) is 22.0. The lowest BCUT2D eigenvalue weighted by Gasteiger charge is -2.35. The number of benzene rings is 2. The molecule has 1 N–H and O–H groups in total. The smallest absolute Gasteiger partial charge is 0.295 e. The first kappa shape index (κ1) is 27.5. The summed E-state index contributed by atoms with van der Waals surface area (Å²) in [5, 5.41) is 14.8. The van der Waals surface area contributed by atoms with Crippen molar-refractivity contribution in [1.82, 2.24) is 14.9 Å². The molecule has 1 fully saturated rings. The van der Waals surface area contributed by atoms with E-state index in [1.807, 2.05) is 6.07 Å². The highest BCUT2D eigenvalue weighted by Crippen LogP contribution is 2.35. The van der Waals surface area contributed by atoms with Crippen molar-refractivity contribution in [2.24, 2.45) is 0 Å². The summed E-state index contributed by atoms with van der Waals surface area (Å²) in [5.74, 6) is 2.83. The van der Waals surface area contributed by atoms with Crippen LogP contribution in [-0.2, 0) is 0 Å². The maximum atomic E-state index is 14.6. The van der Waals surface area contributed by atoms with Crippen molar-refractivity contribution in [1.29, 1.82) is 0 Å². The number of rotatable bonds is 7. The van der Waals surface area contributed by atoms with Gasteiger partial charge in [0.2, 0.25) is 5.95 Å². The van der Waals surface area contributed by atoms with E-state index in [1.54, 1.807) is 13.0 Å². The van der Waals surface area contributed by atoms with E-state index in [4.69, 9.17) is 9.47 Å². The Morgan fingerprint density at radius 1 is 1.03 bits per heavy atom. The average molecular weight is 539 g/mol. The molecule has 0 aliphatic carbocycles. The van der Waals surface area contributed by atoms with Crippen molar-refractivity contribution in [3.8, 4) is 23.3 Å². The van der Waals surface area contributed by atoms with Crippen LogP contribution in [0.4, 0.5) is 31.8 Å². The summed E-state index contributed by atoms with van der Waals surface area (Å²) >= 11 is 0. The van der Waals surface area contributed by atoms with E-state index >= 15 is 0 Å². The number of nitro groups is 1. The maximum Gasteiger partial charge on any atom is 0.295 e. The van der Waals surface area contributed by atoms with Crippen LogP contribution < -0.4 is 19.7 Å². The molecule has 204 valence electrons. The van der Waals surface area contributed by atoms with Crippen molar-refractivity contribution in [3.05, 3.63) is 69.0 Å². The van der Waals surface area contributed by atoms with Gasteiger partial charge < -0.3 is 24.6 Å². The van der Waals surface area contributed by atoms with Gasteiger partial charge in [-0.25, -0.2) is 18.7 Å². The number of nitrogens with zero attached hydrogens (tertiary/aromatic N) is 5. The molecule has 0 amide bonds. The van der Waals surface area contributed by atoms with Crippen LogP contribution in [0.1, 0.15) is 23.6 Å². The highest BCUT2D eigenvalue weighted by Gasteiger charge is 2.23. The fraction of sp³-hybridized carbons (Fsp3) is 0.333. The third-order valence-electron chi connectivity index (χ3n) is 6.47. The number of aryl methyl sites for hydroxylation is 1. The molecule has 4 rings (SSSR count). The molecular weight excluding hydrogens is 510 g/mol. The van der Waals surface area contributed by atoms with Crippen LogP contribution in [0.25, 0.3) is 0 Å². The van der Waals surface area contributed by atoms with E-state index in [9.17, 15) is 18.9 Å². The summed E-state index contributed by atoms with van der Waals surface area (Å²) in [6.45, 7) is 8.26. The first-order chi connectivity index (χ1) is 18.7. The first-order valence-corrected chi connectivity index (χ1v) is 12.2. The van der Waals surface area contributed by atoms with Crippen LogP contribution in [0.3, 0.4) is 0 Å². The van der Waals surface area contributed by atoms with Crippen LogP contribution in [0, 0.1) is 40.5 Å². The Bertz CT molecular complexity index is 1400. The van der Waals surface area contributed by atoms with Crippen LogP contribution in [0.15, 0.2) is 30.6 Å². The molecule has 0 bridgehead atoms. The van der Waals surface area contributed by atoms with Crippen molar-refractivity contribution in [2.75, 3.05) is 57.2 Å². The molecule has 0 spiro atoms. The standard InChI is InChI=1S/C27H28F2N6O4/c1-5-33-8-10-34(11-9-33)19-12-17(2)26(21(13-19)35(36)37)32-27-30-15-18(16-31-27)6-7-20-24(28)22(38-3)14-23(39-4)25(20)29/h12-16H,5,8-11H2,1-4H3,(H,30,31,32). The predicted octanol–water partition coefficient (Wildman–Crippen LogP) is 4.27. The van der Waals surface area contributed by atoms with Gasteiger partial charge in [-0.2, -0.15) is 0 Å². The minimum Gasteiger partial charge on any atom is -0.493 e. The Morgan fingerprint density at radius 2 is 1.64 bits per heavy atom. The lowest BCUT2D eigenvalue weighted by atomic mass is 10.1. The minimum atomic E-state index is -0.957. The number of nitrogens with one attached hydrogen (secondary N) is 1. The summed E-state index contributed by atoms with van der Waals surface area (Å²) < 4.78 is 39.0. The quantitative estimate of drug-likeness (QED) is 0.268. The highest BCUT2D eigenvalue weighted by atomic mass is 19.1. The van der Waals surface area contributed by atoms with E-state index < -0.39 is 22.1 Å². The zero-order valence-electron chi connectivity index (χ0n) is 22.0. The van der Waals surface area contributed by atoms with Crippen molar-refractivity contribution >= 4 is 23.0 Å². The molecule has 39 heavy (non-hydrogen) atoms. The molecule has 0 atom stereocenters. The Morgan fingerprint density at radius 3 is 2.18 bits per heavy atom. The molecule has 2 aromatic carbocycles. The van der Waals surface area contributed by atoms with Gasteiger partial charge in [-0.15, -0.1) is 0 Å². The molecule has 12 heteroatoms. The third kappa shape index (κ3) is 5.99. The van der Waals surface area contributed by atoms with Crippen LogP contribution in [0.5, 0.6) is 11.5 Å². The molecule has 10 nitrogen and oxygen atoms in total. The predicted molar refractivity (Wildman–Crippen MR) is 143 cm³/mol. The fourth-order valence-electron chi connectivity index (χ4n) is 4.26. The Labute approximate surface area is 224 Å². The van der Waals surface area contributed by atoms with Crippen molar-refractivity contribution in [2.45, 2.75) is 13.8 Å². The van der Waals surface area contributed by atoms with E-state index in [-0.39, 0.29) is 34.4 Å². The van der Waals surface area contributed by atoms with Crippen LogP contribution in [-0.4, -0.2) is 66.7 Å². The number of hydrogen-bond donors (Lipinski definition) is 1. The van der Waals surface area contributed by atoms with E-state index in [0.717, 1.165) is 44.5 Å². The molecule has 1 aliphatic heterocycles. The van der Waals surface area contributed by atoms with Gasteiger partial charge in [-0.05, 0) is 25.1 Å². The zero-order chi connectivity index (χ0) is 28.1. The van der Waals surface area contributed by atoms with Gasteiger partial charge in [0.1, 0.15) is 11.3 Å². The maximum absolute atomic E-state index is 14.6. The van der Waals surface area contributed by atoms with Gasteiger partial charge in [0.15, 0.2) is 23.1 Å². The van der Waals surface area contributed by atoms with Crippen molar-refractivity contribution in [3.63, 3.8) is 0 Å². The van der Waals surface area contributed by atoms with E-state index in [1.165, 1.54) is 26.6 Å². The fourth-order valence-corrected chi connectivity index (χ4v) is 4.26. The number of anilines is 3. The van der Waals surface area contributed by atoms with Gasteiger partial charge in [0.25, 0.3) is 5.69 Å². The summed E-state index contributed by atoms with van der Waals surface area (Å²) in [6.07, 6.45) is 2.69. The summed E-state index contributed by atoms with van der Waals surface area (Å²) in [6, 6.07) is 4.56. The number of nitro benzene ring substituents is 1. The largest absolute Gasteiger partial charge is 0.493 e. The molecule has 0 unspecified atom stereocenters. The summed E-state index contributed by atoms with van der Waals surface area (Å²) in [5.41, 5.74) is 1.41. The number of methoxy groups -OCH3 is 2. The molecule has 1 aromatic heterocycles. The lowest BCUT2D eigenvalue weighted by molar-refractivity contribution is -0.383. The number of hydrogen-bond acceptors (Lipinski definition) is 9. The van der Waals surface area contributed by atoms with Crippen LogP contribution >= 0.6 is 0 Å². The van der Waals surface area contributed by atoms with Gasteiger partial charge in [-0.1, -0.05) is 18.8 Å². The number of aromatic nitrogens is 2. The Balaban J connectivity index is 1.56. The lowest BCUT2D eigenvalue weighted by Crippen LogP contribution is -2.46. The van der Waals surface area contributed by atoms with Crippen molar-refractivity contribution < 1.29 is 23.2 Å². The van der Waals surface area contributed by atoms with Crippen LogP contribution in [0.2, 0.25) is 0 Å². The van der Waals surface area contributed by atoms with Gasteiger partial charge in [0.05, 0.1) is 24.7 Å². The van der Waals surface area contributed by atoms with E-state index in [2.05, 4.69) is 43.8 Å². The molecule has 1 aliphatic rings. The van der Waals surface area contributed by atoms with Gasteiger partial charge >= 0.3 is 0 Å². The SMILES string of the molecule is CCN1CCN(c2cc(C)c(Nc3ncc(C#Cc4c(F)c(OC)cc(OC)c4F)cn3)c([N+](=O)[O-])c2)CC1. The number of piperazine rings is 1. The molecule has 1 saturated heterocycles. The minimum absolute atomic E-state index is 0.0895.